The molecular weight excluding hydrogens is 196 g/mol. The van der Waals surface area contributed by atoms with Crippen LogP contribution in [0.2, 0.25) is 0 Å². The molecule has 0 saturated heterocycles. The summed E-state index contributed by atoms with van der Waals surface area (Å²) in [5.41, 5.74) is 1.45. The second kappa shape index (κ2) is 5.66. The SMILES string of the molecule is COCCCCc1cccc2ccccc12. The Morgan fingerprint density at radius 3 is 2.62 bits per heavy atom. The van der Waals surface area contributed by atoms with Crippen LogP contribution in [0.15, 0.2) is 42.5 Å². The minimum Gasteiger partial charge on any atom is -0.385 e. The summed E-state index contributed by atoms with van der Waals surface area (Å²) >= 11 is 0. The van der Waals surface area contributed by atoms with Gasteiger partial charge in [0, 0.05) is 13.7 Å². The number of benzene rings is 2. The number of fused-ring (bicyclic) bond motifs is 1. The maximum absolute atomic E-state index is 5.07. The van der Waals surface area contributed by atoms with E-state index in [-0.39, 0.29) is 0 Å². The highest BCUT2D eigenvalue weighted by molar-refractivity contribution is 5.85. The van der Waals surface area contributed by atoms with Crippen LogP contribution in [-0.4, -0.2) is 13.7 Å². The number of unbranched alkanes of at least 4 members (excludes halogenated alkanes) is 1. The first-order valence-corrected chi connectivity index (χ1v) is 5.87. The van der Waals surface area contributed by atoms with Crippen molar-refractivity contribution in [1.29, 1.82) is 0 Å². The summed E-state index contributed by atoms with van der Waals surface area (Å²) < 4.78 is 5.07. The third kappa shape index (κ3) is 2.61. The number of hydrogen-bond donors (Lipinski definition) is 0. The predicted octanol–water partition coefficient (Wildman–Crippen LogP) is 3.81. The van der Waals surface area contributed by atoms with Crippen molar-refractivity contribution >= 4 is 10.8 Å². The van der Waals surface area contributed by atoms with Crippen LogP contribution in [-0.2, 0) is 11.2 Å². The molecule has 2 aromatic rings. The van der Waals surface area contributed by atoms with Gasteiger partial charge in [-0.05, 0) is 35.6 Å². The van der Waals surface area contributed by atoms with Crippen molar-refractivity contribution in [3.8, 4) is 0 Å². The van der Waals surface area contributed by atoms with Gasteiger partial charge in [-0.1, -0.05) is 42.5 Å². The van der Waals surface area contributed by atoms with E-state index in [4.69, 9.17) is 4.74 Å². The van der Waals surface area contributed by atoms with Gasteiger partial charge >= 0.3 is 0 Å². The van der Waals surface area contributed by atoms with Gasteiger partial charge in [-0.15, -0.1) is 0 Å². The number of ether oxygens (including phenoxy) is 1. The molecule has 0 atom stereocenters. The first kappa shape index (κ1) is 11.2. The first-order valence-electron chi connectivity index (χ1n) is 5.87. The average Bonchev–Trinajstić information content (AvgIpc) is 2.35. The summed E-state index contributed by atoms with van der Waals surface area (Å²) in [4.78, 5) is 0. The minimum atomic E-state index is 0.866. The van der Waals surface area contributed by atoms with Crippen molar-refractivity contribution < 1.29 is 4.74 Å². The molecule has 2 aromatic carbocycles. The average molecular weight is 214 g/mol. The molecule has 1 heteroatoms. The van der Waals surface area contributed by atoms with Crippen LogP contribution in [0.3, 0.4) is 0 Å². The lowest BCUT2D eigenvalue weighted by atomic mass is 10.0. The van der Waals surface area contributed by atoms with Crippen LogP contribution >= 0.6 is 0 Å². The number of rotatable bonds is 5. The lowest BCUT2D eigenvalue weighted by molar-refractivity contribution is 0.193. The van der Waals surface area contributed by atoms with E-state index < -0.39 is 0 Å². The first-order chi connectivity index (χ1) is 7.92. The van der Waals surface area contributed by atoms with Gasteiger partial charge in [-0.2, -0.15) is 0 Å². The van der Waals surface area contributed by atoms with Crippen molar-refractivity contribution in [3.05, 3.63) is 48.0 Å². The molecule has 84 valence electrons. The van der Waals surface area contributed by atoms with Gasteiger partial charge in [-0.25, -0.2) is 0 Å². The van der Waals surface area contributed by atoms with Crippen LogP contribution in [0, 0.1) is 0 Å². The molecule has 0 bridgehead atoms. The molecule has 0 unspecified atom stereocenters. The van der Waals surface area contributed by atoms with E-state index in [2.05, 4.69) is 42.5 Å². The van der Waals surface area contributed by atoms with E-state index in [0.29, 0.717) is 0 Å². The van der Waals surface area contributed by atoms with Gasteiger partial charge in [-0.3, -0.25) is 0 Å². The van der Waals surface area contributed by atoms with Crippen LogP contribution < -0.4 is 0 Å². The molecule has 0 aliphatic heterocycles. The lowest BCUT2D eigenvalue weighted by Crippen LogP contribution is -1.92. The number of methoxy groups -OCH3 is 1. The van der Waals surface area contributed by atoms with Gasteiger partial charge in [0.05, 0.1) is 0 Å². The quantitative estimate of drug-likeness (QED) is 0.688. The molecule has 0 aliphatic rings. The molecule has 16 heavy (non-hydrogen) atoms. The summed E-state index contributed by atoms with van der Waals surface area (Å²) in [6.45, 7) is 0.866. The van der Waals surface area contributed by atoms with Gasteiger partial charge < -0.3 is 4.74 Å². The van der Waals surface area contributed by atoms with Crippen LogP contribution in [0.5, 0.6) is 0 Å². The fraction of sp³-hybridized carbons (Fsp3) is 0.333. The molecule has 2 rings (SSSR count). The van der Waals surface area contributed by atoms with Gasteiger partial charge in [0.15, 0.2) is 0 Å². The molecule has 0 heterocycles. The summed E-state index contributed by atoms with van der Waals surface area (Å²) in [5, 5.41) is 2.73. The van der Waals surface area contributed by atoms with E-state index >= 15 is 0 Å². The molecule has 0 spiro atoms. The fourth-order valence-electron chi connectivity index (χ4n) is 2.07. The van der Waals surface area contributed by atoms with Crippen molar-refractivity contribution in [1.82, 2.24) is 0 Å². The molecule has 0 radical (unpaired) electrons. The second-order valence-corrected chi connectivity index (χ2v) is 4.09. The van der Waals surface area contributed by atoms with Crippen molar-refractivity contribution in [3.63, 3.8) is 0 Å². The van der Waals surface area contributed by atoms with E-state index in [1.165, 1.54) is 22.8 Å². The van der Waals surface area contributed by atoms with Crippen molar-refractivity contribution in [2.45, 2.75) is 19.3 Å². The third-order valence-corrected chi connectivity index (χ3v) is 2.92. The molecule has 1 nitrogen and oxygen atoms in total. The van der Waals surface area contributed by atoms with E-state index in [1.54, 1.807) is 7.11 Å². The highest BCUT2D eigenvalue weighted by Gasteiger charge is 1.99. The smallest absolute Gasteiger partial charge is 0.0462 e. The molecule has 0 N–H and O–H groups in total. The third-order valence-electron chi connectivity index (χ3n) is 2.92. The maximum Gasteiger partial charge on any atom is 0.0462 e. The molecule has 0 aliphatic carbocycles. The van der Waals surface area contributed by atoms with E-state index in [0.717, 1.165) is 19.4 Å². The zero-order chi connectivity index (χ0) is 11.2. The topological polar surface area (TPSA) is 9.23 Å². The van der Waals surface area contributed by atoms with Crippen molar-refractivity contribution in [2.75, 3.05) is 13.7 Å². The highest BCUT2D eigenvalue weighted by atomic mass is 16.5. The van der Waals surface area contributed by atoms with E-state index in [9.17, 15) is 0 Å². The zero-order valence-corrected chi connectivity index (χ0v) is 9.78. The van der Waals surface area contributed by atoms with Gasteiger partial charge in [0.2, 0.25) is 0 Å². The standard InChI is InChI=1S/C15H18O/c1-16-12-5-4-8-14-10-6-9-13-7-2-3-11-15(13)14/h2-3,6-7,9-11H,4-5,8,12H2,1H3. The summed E-state index contributed by atoms with van der Waals surface area (Å²) in [7, 11) is 1.76. The van der Waals surface area contributed by atoms with E-state index in [1.807, 2.05) is 0 Å². The van der Waals surface area contributed by atoms with Crippen LogP contribution in [0.4, 0.5) is 0 Å². The zero-order valence-electron chi connectivity index (χ0n) is 9.78. The Hall–Kier alpha value is -1.34. The number of aryl methyl sites for hydroxylation is 1. The summed E-state index contributed by atoms with van der Waals surface area (Å²) in [6, 6.07) is 15.1. The second-order valence-electron chi connectivity index (χ2n) is 4.09. The Morgan fingerprint density at radius 1 is 0.938 bits per heavy atom. The Labute approximate surface area is 97.1 Å². The summed E-state index contributed by atoms with van der Waals surface area (Å²) in [6.07, 6.45) is 3.48. The Morgan fingerprint density at radius 2 is 1.75 bits per heavy atom. The lowest BCUT2D eigenvalue weighted by Gasteiger charge is -2.06. The normalized spacial score (nSPS) is 10.8. The Kier molecular flexibility index (Phi) is 3.95. The van der Waals surface area contributed by atoms with Gasteiger partial charge in [0.25, 0.3) is 0 Å². The Bertz CT molecular complexity index is 443. The molecule has 0 amide bonds. The minimum absolute atomic E-state index is 0.866. The number of hydrogen-bond acceptors (Lipinski definition) is 1. The molecular formula is C15H18O. The van der Waals surface area contributed by atoms with Crippen molar-refractivity contribution in [2.24, 2.45) is 0 Å². The largest absolute Gasteiger partial charge is 0.385 e. The summed E-state index contributed by atoms with van der Waals surface area (Å²) in [5.74, 6) is 0. The molecule has 0 fully saturated rings. The molecule has 0 aromatic heterocycles. The highest BCUT2D eigenvalue weighted by Crippen LogP contribution is 2.19. The predicted molar refractivity (Wildman–Crippen MR) is 68.8 cm³/mol. The van der Waals surface area contributed by atoms with Crippen LogP contribution in [0.1, 0.15) is 18.4 Å². The molecule has 0 saturated carbocycles. The monoisotopic (exact) mass is 214 g/mol. The van der Waals surface area contributed by atoms with Gasteiger partial charge in [0.1, 0.15) is 0 Å². The fourth-order valence-corrected chi connectivity index (χ4v) is 2.07. The van der Waals surface area contributed by atoms with Crippen LogP contribution in [0.25, 0.3) is 10.8 Å². The Balaban J connectivity index is 2.11. The maximum atomic E-state index is 5.07.